The summed E-state index contributed by atoms with van der Waals surface area (Å²) in [5, 5.41) is 9.66. The second-order valence-electron chi connectivity index (χ2n) is 6.87. The fraction of sp³-hybridized carbons (Fsp3) is 0.588. The molecule has 0 bridgehead atoms. The molecule has 1 aromatic rings. The van der Waals surface area contributed by atoms with Crippen molar-refractivity contribution in [2.45, 2.75) is 56.7 Å². The first-order chi connectivity index (χ1) is 11.7. The van der Waals surface area contributed by atoms with Gasteiger partial charge in [-0.1, -0.05) is 37.3 Å². The van der Waals surface area contributed by atoms with E-state index in [-0.39, 0.29) is 12.0 Å². The van der Waals surface area contributed by atoms with E-state index in [1.165, 1.54) is 37.3 Å². The number of alkyl halides is 6. The third-order valence-electron chi connectivity index (χ3n) is 5.02. The van der Waals surface area contributed by atoms with Gasteiger partial charge in [-0.15, -0.1) is 0 Å². The van der Waals surface area contributed by atoms with Crippen molar-refractivity contribution >= 4 is 5.97 Å². The van der Waals surface area contributed by atoms with E-state index in [1.807, 2.05) is 0 Å². The minimum atomic E-state index is -6.00. The van der Waals surface area contributed by atoms with Gasteiger partial charge in [0, 0.05) is 12.8 Å². The molecule has 1 N–H and O–H groups in total. The number of carbonyl (C=O) groups excluding carboxylic acids is 1. The van der Waals surface area contributed by atoms with E-state index in [9.17, 15) is 36.2 Å². The van der Waals surface area contributed by atoms with Crippen molar-refractivity contribution in [1.82, 2.24) is 0 Å². The highest BCUT2D eigenvalue weighted by atomic mass is 19.4. The van der Waals surface area contributed by atoms with Gasteiger partial charge in [-0.25, -0.2) is 0 Å². The lowest BCUT2D eigenvalue weighted by atomic mass is 9.72. The predicted octanol–water partition coefficient (Wildman–Crippen LogP) is 4.49. The van der Waals surface area contributed by atoms with Crippen molar-refractivity contribution in [2.24, 2.45) is 5.41 Å². The molecule has 1 aliphatic rings. The molecule has 1 fully saturated rings. The smallest absolute Gasteiger partial charge is 0.426 e. The number of cyclic esters (lactones) is 1. The summed E-state index contributed by atoms with van der Waals surface area (Å²) in [6.07, 6.45) is -14.1. The molecule has 9 heteroatoms. The zero-order chi connectivity index (χ0) is 20.0. The molecule has 1 aromatic carbocycles. The van der Waals surface area contributed by atoms with Crippen LogP contribution in [0.2, 0.25) is 0 Å². The number of esters is 1. The van der Waals surface area contributed by atoms with Gasteiger partial charge in [-0.05, 0) is 18.9 Å². The largest absolute Gasteiger partial charge is 0.454 e. The van der Waals surface area contributed by atoms with Gasteiger partial charge in [0.2, 0.25) is 0 Å². The summed E-state index contributed by atoms with van der Waals surface area (Å²) < 4.78 is 84.3. The lowest BCUT2D eigenvalue weighted by molar-refractivity contribution is -0.378. The number of hydrogen-bond donors (Lipinski definition) is 1. The average Bonchev–Trinajstić information content (AvgIpc) is 2.78. The third-order valence-corrected chi connectivity index (χ3v) is 5.02. The SMILES string of the molecule is CCC1(C)CC(CC(O)(C(F)(F)F)C(F)(F)F)(c2ccccc2)OC1=O. The lowest BCUT2D eigenvalue weighted by Crippen LogP contribution is -2.60. The maximum atomic E-state index is 13.2. The molecular formula is C17H18F6O3. The summed E-state index contributed by atoms with van der Waals surface area (Å²) in [5.41, 5.74) is -8.55. The second kappa shape index (κ2) is 6.14. The van der Waals surface area contributed by atoms with Crippen molar-refractivity contribution < 1.29 is 41.0 Å². The van der Waals surface area contributed by atoms with Crippen LogP contribution >= 0.6 is 0 Å². The number of hydrogen-bond acceptors (Lipinski definition) is 3. The van der Waals surface area contributed by atoms with E-state index in [0.29, 0.717) is 0 Å². The molecule has 1 heterocycles. The summed E-state index contributed by atoms with van der Waals surface area (Å²) in [5.74, 6) is -0.893. The van der Waals surface area contributed by atoms with Crippen LogP contribution < -0.4 is 0 Å². The average molecular weight is 384 g/mol. The maximum Gasteiger partial charge on any atom is 0.426 e. The van der Waals surface area contributed by atoms with Gasteiger partial charge in [0.1, 0.15) is 5.60 Å². The third kappa shape index (κ3) is 3.17. The molecule has 0 saturated carbocycles. The summed E-state index contributed by atoms with van der Waals surface area (Å²) >= 11 is 0. The number of rotatable bonds is 4. The van der Waals surface area contributed by atoms with Crippen molar-refractivity contribution in [1.29, 1.82) is 0 Å². The molecule has 0 aliphatic carbocycles. The van der Waals surface area contributed by atoms with Crippen molar-refractivity contribution in [3.05, 3.63) is 35.9 Å². The van der Waals surface area contributed by atoms with Gasteiger partial charge in [-0.2, -0.15) is 26.3 Å². The molecule has 0 radical (unpaired) electrons. The van der Waals surface area contributed by atoms with Gasteiger partial charge in [-0.3, -0.25) is 4.79 Å². The van der Waals surface area contributed by atoms with Crippen molar-refractivity contribution in [2.75, 3.05) is 0 Å². The van der Waals surface area contributed by atoms with E-state index in [2.05, 4.69) is 0 Å². The normalized spacial score (nSPS) is 27.5. The Hall–Kier alpha value is -1.77. The standard InChI is InChI=1S/C17H18F6O3/c1-3-13(2)9-14(26-12(13)24,11-7-5-4-6-8-11)10-15(25,16(18,19)20)17(21,22)23/h4-8,25H,3,9-10H2,1-2H3. The Morgan fingerprint density at radius 3 is 1.96 bits per heavy atom. The summed E-state index contributed by atoms with van der Waals surface area (Å²) in [4.78, 5) is 12.2. The van der Waals surface area contributed by atoms with Gasteiger partial charge in [0.15, 0.2) is 0 Å². The fourth-order valence-corrected chi connectivity index (χ4v) is 3.19. The van der Waals surface area contributed by atoms with Crippen LogP contribution in [0.3, 0.4) is 0 Å². The molecule has 2 unspecified atom stereocenters. The lowest BCUT2D eigenvalue weighted by Gasteiger charge is -2.39. The monoisotopic (exact) mass is 384 g/mol. The van der Waals surface area contributed by atoms with Crippen molar-refractivity contribution in [3.8, 4) is 0 Å². The van der Waals surface area contributed by atoms with Crippen molar-refractivity contribution in [3.63, 3.8) is 0 Å². The van der Waals surface area contributed by atoms with Crippen LogP contribution in [0, 0.1) is 5.41 Å². The zero-order valence-corrected chi connectivity index (χ0v) is 14.0. The first kappa shape index (κ1) is 20.5. The highest BCUT2D eigenvalue weighted by Crippen LogP contribution is 2.56. The maximum absolute atomic E-state index is 13.2. The molecule has 0 spiro atoms. The summed E-state index contributed by atoms with van der Waals surface area (Å²) in [6.45, 7) is 3.00. The Kier molecular flexibility index (Phi) is 4.85. The molecule has 0 aromatic heterocycles. The molecule has 0 amide bonds. The number of aliphatic hydroxyl groups is 1. The summed E-state index contributed by atoms with van der Waals surface area (Å²) in [6, 6.07) is 6.90. The number of carbonyl (C=O) groups is 1. The number of halogens is 6. The predicted molar refractivity (Wildman–Crippen MR) is 78.9 cm³/mol. The molecule has 1 saturated heterocycles. The van der Waals surface area contributed by atoms with Gasteiger partial charge in [0.25, 0.3) is 5.60 Å². The minimum Gasteiger partial charge on any atom is -0.454 e. The molecule has 1 aliphatic heterocycles. The molecular weight excluding hydrogens is 366 g/mol. The Morgan fingerprint density at radius 2 is 1.58 bits per heavy atom. The van der Waals surface area contributed by atoms with Gasteiger partial charge >= 0.3 is 18.3 Å². The van der Waals surface area contributed by atoms with Crippen LogP contribution in [0.1, 0.15) is 38.7 Å². The quantitative estimate of drug-likeness (QED) is 0.615. The van der Waals surface area contributed by atoms with E-state index < -0.39 is 47.8 Å². The minimum absolute atomic E-state index is 0.0301. The Morgan fingerprint density at radius 1 is 1.08 bits per heavy atom. The highest BCUT2D eigenvalue weighted by molar-refractivity contribution is 5.79. The molecule has 146 valence electrons. The van der Waals surface area contributed by atoms with Crippen LogP contribution in [0.25, 0.3) is 0 Å². The van der Waals surface area contributed by atoms with E-state index >= 15 is 0 Å². The summed E-state index contributed by atoms with van der Waals surface area (Å²) in [7, 11) is 0. The van der Waals surface area contributed by atoms with Crippen LogP contribution in [0.5, 0.6) is 0 Å². The molecule has 26 heavy (non-hydrogen) atoms. The number of ether oxygens (including phenoxy) is 1. The number of benzene rings is 1. The fourth-order valence-electron chi connectivity index (χ4n) is 3.19. The first-order valence-corrected chi connectivity index (χ1v) is 7.86. The van der Waals surface area contributed by atoms with Crippen LogP contribution in [-0.4, -0.2) is 29.0 Å². The van der Waals surface area contributed by atoms with E-state index in [1.54, 1.807) is 6.92 Å². The van der Waals surface area contributed by atoms with Crippen LogP contribution in [0.4, 0.5) is 26.3 Å². The topological polar surface area (TPSA) is 46.5 Å². The highest BCUT2D eigenvalue weighted by Gasteiger charge is 2.74. The van der Waals surface area contributed by atoms with Crippen LogP contribution in [-0.2, 0) is 15.1 Å². The Bertz CT molecular complexity index is 655. The van der Waals surface area contributed by atoms with E-state index in [0.717, 1.165) is 0 Å². The molecule has 3 nitrogen and oxygen atoms in total. The zero-order valence-electron chi connectivity index (χ0n) is 14.0. The molecule has 2 rings (SSSR count). The molecule has 2 atom stereocenters. The van der Waals surface area contributed by atoms with E-state index in [4.69, 9.17) is 4.74 Å². The van der Waals surface area contributed by atoms with Crippen LogP contribution in [0.15, 0.2) is 30.3 Å². The van der Waals surface area contributed by atoms with Gasteiger partial charge < -0.3 is 9.84 Å². The Labute approximate surface area is 146 Å². The second-order valence-corrected chi connectivity index (χ2v) is 6.87. The van der Waals surface area contributed by atoms with Gasteiger partial charge in [0.05, 0.1) is 5.41 Å². The Balaban J connectivity index is 2.62. The first-order valence-electron chi connectivity index (χ1n) is 7.86.